The van der Waals surface area contributed by atoms with Gasteiger partial charge < -0.3 is 34.5 Å². The second-order valence-corrected chi connectivity index (χ2v) is 26.1. The largest absolute Gasteiger partial charge is 0.497 e. The highest BCUT2D eigenvalue weighted by Crippen LogP contribution is 2.67. The highest BCUT2D eigenvalue weighted by molar-refractivity contribution is 5.77. The number of amides is 3. The molecule has 0 radical (unpaired) electrons. The Bertz CT molecular complexity index is 1940. The van der Waals surface area contributed by atoms with Crippen molar-refractivity contribution in [2.45, 2.75) is 247 Å². The molecule has 2 N–H and O–H groups in total. The number of hydrogen-bond acceptors (Lipinski definition) is 8. The van der Waals surface area contributed by atoms with Crippen molar-refractivity contribution >= 4 is 24.1 Å². The highest BCUT2D eigenvalue weighted by Gasteiger charge is 2.59. The van der Waals surface area contributed by atoms with Crippen LogP contribution < -0.4 is 15.4 Å². The smallest absolute Gasteiger partial charge is 0.408 e. The third-order valence-corrected chi connectivity index (χ3v) is 17.7. The molecule has 5 rings (SSSR count). The van der Waals surface area contributed by atoms with Gasteiger partial charge in [0.05, 0.1) is 7.11 Å². The number of methoxy groups -OCH3 is 1. The fourth-order valence-corrected chi connectivity index (χ4v) is 13.6. The first kappa shape index (κ1) is 59.1. The van der Waals surface area contributed by atoms with Gasteiger partial charge in [0, 0.05) is 43.4 Å². The van der Waals surface area contributed by atoms with Gasteiger partial charge in [0.25, 0.3) is 0 Å². The van der Waals surface area contributed by atoms with E-state index in [-0.39, 0.29) is 42.8 Å². The summed E-state index contributed by atoms with van der Waals surface area (Å²) in [6, 6.07) is 7.45. The van der Waals surface area contributed by atoms with Gasteiger partial charge in [-0.05, 0) is 183 Å². The number of alkyl carbamates (subject to hydrolysis) is 2. The number of allylic oxidation sites excluding steroid dienone is 1. The normalized spacial score (nSPS) is 25.5. The maximum absolute atomic E-state index is 13.9. The molecule has 7 unspecified atom stereocenters. The summed E-state index contributed by atoms with van der Waals surface area (Å²) in [5.41, 5.74) is 1.47. The molecule has 0 aliphatic heterocycles. The molecule has 0 aromatic heterocycles. The number of nitrogens with zero attached hydrogens (tertiary/aromatic N) is 1. The lowest BCUT2D eigenvalue weighted by Crippen LogP contribution is -2.51. The number of nitrogens with one attached hydrogen (secondary N) is 2. The van der Waals surface area contributed by atoms with Crippen molar-refractivity contribution < 1.29 is 38.1 Å². The Kier molecular flexibility index (Phi) is 21.5. The monoisotopic (exact) mass is 1000 g/mol. The van der Waals surface area contributed by atoms with Crippen molar-refractivity contribution in [1.29, 1.82) is 0 Å². The van der Waals surface area contributed by atoms with E-state index >= 15 is 0 Å². The summed E-state index contributed by atoms with van der Waals surface area (Å²) in [5.74, 6) is 5.38. The van der Waals surface area contributed by atoms with Gasteiger partial charge >= 0.3 is 18.2 Å². The van der Waals surface area contributed by atoms with Crippen LogP contribution in [-0.4, -0.2) is 71.9 Å². The van der Waals surface area contributed by atoms with E-state index in [0.29, 0.717) is 31.3 Å². The summed E-state index contributed by atoms with van der Waals surface area (Å²) in [4.78, 5) is 54.4. The second kappa shape index (κ2) is 26.1. The molecule has 4 aliphatic carbocycles. The van der Waals surface area contributed by atoms with Crippen LogP contribution in [0.25, 0.3) is 0 Å². The Morgan fingerprint density at radius 2 is 1.42 bits per heavy atom. The number of carbonyl (C=O) groups is 4. The predicted molar refractivity (Wildman–Crippen MR) is 290 cm³/mol. The van der Waals surface area contributed by atoms with Gasteiger partial charge in [0.2, 0.25) is 5.91 Å². The molecular weight excluding hydrogens is 903 g/mol. The predicted octanol–water partition coefficient (Wildman–Crippen LogP) is 14.7. The third kappa shape index (κ3) is 17.4. The van der Waals surface area contributed by atoms with E-state index in [9.17, 15) is 19.2 Å². The van der Waals surface area contributed by atoms with Crippen LogP contribution in [0.4, 0.5) is 9.59 Å². The van der Waals surface area contributed by atoms with Crippen LogP contribution in [0.5, 0.6) is 5.75 Å². The standard InChI is InChI=1S/C61H101N3O8/c1-43(2)21-19-22-44(3)50-31-32-51-49-30-27-46-41-48(33-36-60(46,11)52(49)34-37-61(50,51)12)71-54(66)24-20-23-53(65)64(40-38-59(9,10)63-56(68)72-57(4,5)6)39-18-16-14-15-17-35-58(7,8)62-55(67)70-42-45-25-28-47(69-13)29-26-45/h25-29,43-44,48-52H,14-24,30-42H2,1-13H3,(H,62,67)(H,63,68)/t44-,48?,49?,50?,51?,52?,60?,61?/m1/s1. The van der Waals surface area contributed by atoms with Crippen molar-refractivity contribution in [3.63, 3.8) is 0 Å². The van der Waals surface area contributed by atoms with Crippen molar-refractivity contribution in [2.75, 3.05) is 20.2 Å². The van der Waals surface area contributed by atoms with Gasteiger partial charge in [0.15, 0.2) is 0 Å². The number of hydrogen-bond donors (Lipinski definition) is 2. The number of unbranched alkanes of at least 4 members (excludes halogenated alkanes) is 4. The van der Waals surface area contributed by atoms with Gasteiger partial charge in [-0.2, -0.15) is 0 Å². The molecule has 3 fully saturated rings. The molecule has 0 spiro atoms. The number of ether oxygens (including phenoxy) is 4. The van der Waals surface area contributed by atoms with E-state index < -0.39 is 28.9 Å². The Hall–Kier alpha value is -3.76. The summed E-state index contributed by atoms with van der Waals surface area (Å²) >= 11 is 0. The lowest BCUT2D eigenvalue weighted by Gasteiger charge is -2.58. The van der Waals surface area contributed by atoms with E-state index in [1.165, 1.54) is 56.9 Å². The van der Waals surface area contributed by atoms with E-state index in [4.69, 9.17) is 18.9 Å². The molecule has 8 atom stereocenters. The Morgan fingerprint density at radius 3 is 2.11 bits per heavy atom. The Labute approximate surface area is 437 Å². The molecule has 408 valence electrons. The number of carbonyl (C=O) groups excluding carboxylic acids is 4. The zero-order valence-corrected chi connectivity index (χ0v) is 47.6. The van der Waals surface area contributed by atoms with E-state index in [0.717, 1.165) is 105 Å². The van der Waals surface area contributed by atoms with Gasteiger partial charge in [-0.3, -0.25) is 9.59 Å². The molecule has 1 aromatic rings. The van der Waals surface area contributed by atoms with E-state index in [1.807, 2.05) is 77.6 Å². The number of rotatable bonds is 26. The maximum Gasteiger partial charge on any atom is 0.408 e. The fraction of sp³-hybridized carbons (Fsp3) is 0.803. The zero-order valence-electron chi connectivity index (χ0n) is 47.6. The van der Waals surface area contributed by atoms with Crippen molar-refractivity contribution in [1.82, 2.24) is 15.5 Å². The fourth-order valence-electron chi connectivity index (χ4n) is 13.6. The van der Waals surface area contributed by atoms with Crippen LogP contribution in [0.2, 0.25) is 0 Å². The van der Waals surface area contributed by atoms with Gasteiger partial charge in [-0.25, -0.2) is 9.59 Å². The van der Waals surface area contributed by atoms with Gasteiger partial charge in [-0.1, -0.05) is 103 Å². The second-order valence-electron chi connectivity index (χ2n) is 26.1. The quantitative estimate of drug-likeness (QED) is 0.0406. The van der Waals surface area contributed by atoms with Crippen molar-refractivity contribution in [2.24, 2.45) is 46.3 Å². The lowest BCUT2D eigenvalue weighted by molar-refractivity contribution is -0.151. The summed E-state index contributed by atoms with van der Waals surface area (Å²) < 4.78 is 22.4. The Balaban J connectivity index is 1.05. The van der Waals surface area contributed by atoms with Crippen LogP contribution >= 0.6 is 0 Å². The summed E-state index contributed by atoms with van der Waals surface area (Å²) in [6.07, 6.45) is 22.3. The lowest BCUT2D eigenvalue weighted by atomic mass is 9.47. The number of fused-ring (bicyclic) bond motifs is 5. The van der Waals surface area contributed by atoms with Crippen molar-refractivity contribution in [3.8, 4) is 5.75 Å². The summed E-state index contributed by atoms with van der Waals surface area (Å²) in [6.45, 7) is 27.2. The molecule has 72 heavy (non-hydrogen) atoms. The number of benzene rings is 1. The minimum atomic E-state index is -0.614. The summed E-state index contributed by atoms with van der Waals surface area (Å²) in [5, 5.41) is 6.00. The number of esters is 1. The minimum Gasteiger partial charge on any atom is -0.497 e. The van der Waals surface area contributed by atoms with Crippen molar-refractivity contribution in [3.05, 3.63) is 41.5 Å². The summed E-state index contributed by atoms with van der Waals surface area (Å²) in [7, 11) is 1.62. The molecule has 0 bridgehead atoms. The molecule has 0 heterocycles. The van der Waals surface area contributed by atoms with Crippen LogP contribution in [-0.2, 0) is 30.4 Å². The molecule has 3 amide bonds. The van der Waals surface area contributed by atoms with Gasteiger partial charge in [0.1, 0.15) is 24.1 Å². The molecule has 11 heteroatoms. The average molecular weight is 1000 g/mol. The van der Waals surface area contributed by atoms with E-state index in [2.05, 4.69) is 51.3 Å². The van der Waals surface area contributed by atoms with E-state index in [1.54, 1.807) is 7.11 Å². The van der Waals surface area contributed by atoms with Gasteiger partial charge in [-0.15, -0.1) is 0 Å². The van der Waals surface area contributed by atoms with Crippen LogP contribution in [0.3, 0.4) is 0 Å². The van der Waals surface area contributed by atoms with Crippen LogP contribution in [0.1, 0.15) is 223 Å². The average Bonchev–Trinajstić information content (AvgIpc) is 3.65. The highest BCUT2D eigenvalue weighted by atomic mass is 16.6. The first-order valence-electron chi connectivity index (χ1n) is 28.6. The first-order valence-corrected chi connectivity index (χ1v) is 28.6. The molecular formula is C61H101N3O8. The molecule has 11 nitrogen and oxygen atoms in total. The first-order chi connectivity index (χ1) is 33.8. The zero-order chi connectivity index (χ0) is 52.9. The Morgan fingerprint density at radius 1 is 0.736 bits per heavy atom. The van der Waals surface area contributed by atoms with Crippen LogP contribution in [0.15, 0.2) is 35.9 Å². The molecule has 3 saturated carbocycles. The third-order valence-electron chi connectivity index (χ3n) is 17.7. The molecule has 1 aromatic carbocycles. The SMILES string of the molecule is COc1ccc(COC(=O)NC(C)(C)CCCCCCCN(CCC(C)(C)NC(=O)OC(C)(C)C)C(=O)CCCC(=O)OC2CCC3(C)C(=CCC4C3CCC3(C)C4CCC3[C@H](C)CCCC(C)C)C2)cc1. The minimum absolute atomic E-state index is 0.0238. The molecule has 4 aliphatic rings. The molecule has 0 saturated heterocycles. The van der Waals surface area contributed by atoms with Crippen LogP contribution in [0, 0.1) is 46.3 Å². The maximum atomic E-state index is 13.9. The topological polar surface area (TPSA) is 132 Å².